The molecule has 0 amide bonds. The van der Waals surface area contributed by atoms with Crippen molar-refractivity contribution in [2.45, 2.75) is 44.9 Å². The van der Waals surface area contributed by atoms with Crippen LogP contribution in [0, 0.1) is 0 Å². The molecule has 0 aliphatic carbocycles. The second-order valence-electron chi connectivity index (χ2n) is 4.51. The van der Waals surface area contributed by atoms with Crippen molar-refractivity contribution in [1.29, 1.82) is 0 Å². The number of rotatable bonds is 4. The maximum Gasteiger partial charge on any atom is 0.155 e. The molecule has 1 heterocycles. The van der Waals surface area contributed by atoms with Gasteiger partial charge in [0.25, 0.3) is 0 Å². The molecule has 0 radical (unpaired) electrons. The molecule has 6 heteroatoms. The van der Waals surface area contributed by atoms with E-state index in [1.165, 1.54) is 0 Å². The fourth-order valence-electron chi connectivity index (χ4n) is 1.08. The predicted molar refractivity (Wildman–Crippen MR) is 68.3 cm³/mol. The number of nitrogens with zero attached hydrogens (tertiary/aromatic N) is 1. The topological polar surface area (TPSA) is 55.1 Å². The van der Waals surface area contributed by atoms with Gasteiger partial charge in [-0.3, -0.25) is 0 Å². The summed E-state index contributed by atoms with van der Waals surface area (Å²) in [6, 6.07) is 1.72. The minimum atomic E-state index is -1.11. The van der Waals surface area contributed by atoms with Gasteiger partial charge in [0.05, 0.1) is 21.8 Å². The molecule has 0 aliphatic rings. The molecule has 0 aliphatic heterocycles. The summed E-state index contributed by atoms with van der Waals surface area (Å²) in [6.07, 6.45) is 0.795. The number of nitrogens with one attached hydrogen (secondary N) is 1. The molecule has 2 unspecified atom stereocenters. The van der Waals surface area contributed by atoms with Gasteiger partial charge in [0.2, 0.25) is 0 Å². The summed E-state index contributed by atoms with van der Waals surface area (Å²) in [5.41, 5.74) is 0. The molecule has 2 atom stereocenters. The number of hydrogen-bond donors (Lipinski definition) is 1. The molecule has 0 aromatic carbocycles. The van der Waals surface area contributed by atoms with E-state index in [0.717, 1.165) is 6.42 Å². The van der Waals surface area contributed by atoms with E-state index in [-0.39, 0.29) is 10.8 Å². The van der Waals surface area contributed by atoms with Crippen LogP contribution in [0.15, 0.2) is 15.2 Å². The van der Waals surface area contributed by atoms with E-state index in [1.807, 2.05) is 27.7 Å². The molecule has 92 valence electrons. The van der Waals surface area contributed by atoms with Gasteiger partial charge in [0.15, 0.2) is 5.76 Å². The van der Waals surface area contributed by atoms with Crippen LogP contribution in [0.4, 0.5) is 0 Å². The minimum Gasteiger partial charge on any atom is -0.359 e. The highest BCUT2D eigenvalue weighted by Crippen LogP contribution is 2.22. The Morgan fingerprint density at radius 2 is 2.25 bits per heavy atom. The van der Waals surface area contributed by atoms with Gasteiger partial charge in [-0.15, -0.1) is 0 Å². The molecule has 1 rings (SSSR count). The first-order valence-corrected chi connectivity index (χ1v) is 7.09. The molecule has 0 saturated carbocycles. The number of aromatic nitrogens is 1. The molecular formula is C10H17BrN2O2S. The van der Waals surface area contributed by atoms with Crippen LogP contribution in [-0.2, 0) is 11.0 Å². The zero-order valence-electron chi connectivity index (χ0n) is 9.91. The van der Waals surface area contributed by atoms with Crippen LogP contribution in [0.5, 0.6) is 0 Å². The molecule has 1 aromatic rings. The second-order valence-corrected chi connectivity index (χ2v) is 7.32. The van der Waals surface area contributed by atoms with Crippen LogP contribution in [0.2, 0.25) is 0 Å². The standard InChI is InChI=1S/C10H17BrN2O2S/c1-5-7(8-6-9(11)12-15-8)13-16(14)10(2,3)4/h6-7,13H,5H2,1-4H3. The van der Waals surface area contributed by atoms with Crippen molar-refractivity contribution in [3.63, 3.8) is 0 Å². The average molecular weight is 309 g/mol. The van der Waals surface area contributed by atoms with Gasteiger partial charge in [0.1, 0.15) is 4.60 Å². The van der Waals surface area contributed by atoms with Crippen LogP contribution in [0.25, 0.3) is 0 Å². The van der Waals surface area contributed by atoms with Gasteiger partial charge in [0, 0.05) is 6.07 Å². The van der Waals surface area contributed by atoms with Crippen LogP contribution >= 0.6 is 15.9 Å². The zero-order valence-corrected chi connectivity index (χ0v) is 12.3. The predicted octanol–water partition coefficient (Wildman–Crippen LogP) is 2.94. The monoisotopic (exact) mass is 308 g/mol. The van der Waals surface area contributed by atoms with Crippen molar-refractivity contribution < 1.29 is 8.73 Å². The van der Waals surface area contributed by atoms with Gasteiger partial charge in [-0.1, -0.05) is 12.1 Å². The molecule has 1 N–H and O–H groups in total. The lowest BCUT2D eigenvalue weighted by atomic mass is 10.2. The molecule has 0 saturated heterocycles. The first-order valence-electron chi connectivity index (χ1n) is 5.14. The molecule has 16 heavy (non-hydrogen) atoms. The summed E-state index contributed by atoms with van der Waals surface area (Å²) in [6.45, 7) is 7.80. The third-order valence-corrected chi connectivity index (χ3v) is 4.04. The van der Waals surface area contributed by atoms with Crippen molar-refractivity contribution in [2.24, 2.45) is 0 Å². The van der Waals surface area contributed by atoms with Crippen LogP contribution in [0.1, 0.15) is 45.9 Å². The van der Waals surface area contributed by atoms with E-state index in [9.17, 15) is 4.21 Å². The lowest BCUT2D eigenvalue weighted by Crippen LogP contribution is -2.35. The Morgan fingerprint density at radius 3 is 2.62 bits per heavy atom. The summed E-state index contributed by atoms with van der Waals surface area (Å²) < 4.78 is 20.5. The number of halogens is 1. The third-order valence-electron chi connectivity index (χ3n) is 2.06. The van der Waals surface area contributed by atoms with Crippen LogP contribution < -0.4 is 4.72 Å². The summed E-state index contributed by atoms with van der Waals surface area (Å²) in [5, 5.41) is 3.76. The summed E-state index contributed by atoms with van der Waals surface area (Å²) in [7, 11) is -1.11. The minimum absolute atomic E-state index is 0.0705. The normalized spacial score (nSPS) is 16.1. The number of hydrogen-bond acceptors (Lipinski definition) is 3. The Labute approximate surface area is 107 Å². The van der Waals surface area contributed by atoms with E-state index in [4.69, 9.17) is 4.52 Å². The van der Waals surface area contributed by atoms with Crippen molar-refractivity contribution in [3.8, 4) is 0 Å². The van der Waals surface area contributed by atoms with Gasteiger partial charge in [-0.25, -0.2) is 8.93 Å². The molecule has 0 bridgehead atoms. The highest BCUT2D eigenvalue weighted by Gasteiger charge is 2.24. The molecule has 4 nitrogen and oxygen atoms in total. The molecule has 0 fully saturated rings. The van der Waals surface area contributed by atoms with E-state index >= 15 is 0 Å². The second kappa shape index (κ2) is 5.42. The Morgan fingerprint density at radius 1 is 1.62 bits per heavy atom. The van der Waals surface area contributed by atoms with E-state index in [2.05, 4.69) is 25.8 Å². The van der Waals surface area contributed by atoms with Gasteiger partial charge in [-0.05, 0) is 43.1 Å². The Bertz CT molecular complexity index is 373. The maximum atomic E-state index is 11.9. The summed E-state index contributed by atoms with van der Waals surface area (Å²) >= 11 is 3.23. The largest absolute Gasteiger partial charge is 0.359 e. The average Bonchev–Trinajstić information content (AvgIpc) is 2.59. The van der Waals surface area contributed by atoms with E-state index < -0.39 is 11.0 Å². The summed E-state index contributed by atoms with van der Waals surface area (Å²) in [5.74, 6) is 0.701. The highest BCUT2D eigenvalue weighted by molar-refractivity contribution is 9.10. The van der Waals surface area contributed by atoms with Crippen molar-refractivity contribution >= 4 is 26.9 Å². The lowest BCUT2D eigenvalue weighted by molar-refractivity contribution is 0.348. The Kier molecular flexibility index (Phi) is 4.70. The zero-order chi connectivity index (χ0) is 12.3. The Balaban J connectivity index is 2.74. The van der Waals surface area contributed by atoms with Gasteiger partial charge >= 0.3 is 0 Å². The van der Waals surface area contributed by atoms with Crippen LogP contribution in [-0.4, -0.2) is 14.1 Å². The third kappa shape index (κ3) is 3.68. The fourth-order valence-corrected chi connectivity index (χ4v) is 2.27. The Hall–Kier alpha value is -0.200. The smallest absolute Gasteiger partial charge is 0.155 e. The fraction of sp³-hybridized carbons (Fsp3) is 0.700. The highest BCUT2D eigenvalue weighted by atomic mass is 79.9. The van der Waals surface area contributed by atoms with E-state index in [1.54, 1.807) is 6.07 Å². The molecule has 0 spiro atoms. The quantitative estimate of drug-likeness (QED) is 0.930. The van der Waals surface area contributed by atoms with Gasteiger partial charge in [-0.2, -0.15) is 0 Å². The van der Waals surface area contributed by atoms with Crippen molar-refractivity contribution in [3.05, 3.63) is 16.4 Å². The maximum absolute atomic E-state index is 11.9. The lowest BCUT2D eigenvalue weighted by Gasteiger charge is -2.21. The molecular weight excluding hydrogens is 292 g/mol. The van der Waals surface area contributed by atoms with Crippen molar-refractivity contribution in [1.82, 2.24) is 9.88 Å². The molecule has 1 aromatic heterocycles. The first-order chi connectivity index (χ1) is 7.34. The van der Waals surface area contributed by atoms with Crippen molar-refractivity contribution in [2.75, 3.05) is 0 Å². The first kappa shape index (κ1) is 13.9. The van der Waals surface area contributed by atoms with Crippen LogP contribution in [0.3, 0.4) is 0 Å². The van der Waals surface area contributed by atoms with Gasteiger partial charge < -0.3 is 4.52 Å². The van der Waals surface area contributed by atoms with E-state index in [0.29, 0.717) is 10.4 Å². The SMILES string of the molecule is CCC(NS(=O)C(C)(C)C)c1cc(Br)no1. The summed E-state index contributed by atoms with van der Waals surface area (Å²) in [4.78, 5) is 0.